The van der Waals surface area contributed by atoms with Crippen molar-refractivity contribution in [3.63, 3.8) is 0 Å². The third-order valence-electron chi connectivity index (χ3n) is 15.2. The number of esters is 1. The van der Waals surface area contributed by atoms with E-state index in [2.05, 4.69) is 166 Å². The van der Waals surface area contributed by atoms with Crippen molar-refractivity contribution >= 4 is 55.5 Å². The fraction of sp³-hybridized carbons (Fsp3) is 0.362. The van der Waals surface area contributed by atoms with Gasteiger partial charge in [0.15, 0.2) is 8.32 Å². The van der Waals surface area contributed by atoms with E-state index in [1.54, 1.807) is 6.08 Å². The Labute approximate surface area is 497 Å². The molecule has 6 aromatic rings. The number of aliphatic hydroxyl groups excluding tert-OH is 1. The highest BCUT2D eigenvalue weighted by Crippen LogP contribution is 2.50. The van der Waals surface area contributed by atoms with Crippen molar-refractivity contribution in [2.45, 2.75) is 126 Å². The van der Waals surface area contributed by atoms with Gasteiger partial charge in [0.2, 0.25) is 17.7 Å². The topological polar surface area (TPSA) is 143 Å². The summed E-state index contributed by atoms with van der Waals surface area (Å²) >= 11 is 3.34. The van der Waals surface area contributed by atoms with Gasteiger partial charge in [0, 0.05) is 5.75 Å². The second-order valence-corrected chi connectivity index (χ2v) is 30.2. The lowest BCUT2D eigenvalue weighted by Gasteiger charge is -2.42. The van der Waals surface area contributed by atoms with Crippen LogP contribution in [0.1, 0.15) is 101 Å². The molecule has 434 valence electrons. The zero-order chi connectivity index (χ0) is 59.3. The maximum atomic E-state index is 15.4. The van der Waals surface area contributed by atoms with Crippen LogP contribution in [0.2, 0.25) is 18.1 Å². The molecule has 3 amide bonds. The zero-order valence-electron chi connectivity index (χ0n) is 49.3. The van der Waals surface area contributed by atoms with Gasteiger partial charge < -0.3 is 30.2 Å². The summed E-state index contributed by atoms with van der Waals surface area (Å²) in [5.41, 5.74) is 6.40. The first-order chi connectivity index (χ1) is 39.2. The Morgan fingerprint density at radius 2 is 1.00 bits per heavy atom. The first-order valence-corrected chi connectivity index (χ1v) is 33.4. The van der Waals surface area contributed by atoms with E-state index in [4.69, 9.17) is 9.16 Å². The molecule has 0 unspecified atom stereocenters. The van der Waals surface area contributed by atoms with Crippen molar-refractivity contribution in [3.8, 4) is 0 Å². The smallest absolute Gasteiger partial charge is 0.308 e. The van der Waals surface area contributed by atoms with Crippen LogP contribution in [0.3, 0.4) is 0 Å². The molecule has 0 saturated heterocycles. The summed E-state index contributed by atoms with van der Waals surface area (Å²) in [5.74, 6) is -1.87. The Bertz CT molecular complexity index is 2770. The molecule has 6 aromatic carbocycles. The van der Waals surface area contributed by atoms with Gasteiger partial charge in [-0.2, -0.15) is 0 Å². The van der Waals surface area contributed by atoms with Crippen LogP contribution in [-0.2, 0) is 37.8 Å². The first kappa shape index (κ1) is 64.7. The molecule has 0 bridgehead atoms. The lowest BCUT2D eigenvalue weighted by molar-refractivity contribution is -0.145. The molecule has 0 aliphatic heterocycles. The summed E-state index contributed by atoms with van der Waals surface area (Å²) in [6, 6.07) is 58.9. The fourth-order valence-corrected chi connectivity index (χ4v) is 14.2. The SMILES string of the molecule is C=CCOC(=O)C[C@H](O[Si](C)(C)C(C)(C)C)[C@H](NC(=O)[C@@H](CSC(c1ccccc1)(c1ccccc1)c1ccccc1)NC(=O)[C@H](NC(=O)C[C@H](O)/C=C/CCSC(c1ccccc1)(c1ccccc1)c1ccccc1)C(C)C)C(C)C. The molecule has 5 atom stereocenters. The fourth-order valence-electron chi connectivity index (χ4n) is 9.87. The summed E-state index contributed by atoms with van der Waals surface area (Å²) in [7, 11) is -2.56. The van der Waals surface area contributed by atoms with E-state index < -0.39 is 77.8 Å². The first-order valence-electron chi connectivity index (χ1n) is 28.5. The lowest BCUT2D eigenvalue weighted by Crippen LogP contribution is -2.60. The molecule has 0 saturated carbocycles. The number of ether oxygens (including phenoxy) is 1. The van der Waals surface area contributed by atoms with Crippen molar-refractivity contribution in [1.29, 1.82) is 0 Å². The molecule has 0 radical (unpaired) electrons. The number of nitrogens with one attached hydrogen (secondary N) is 3. The Morgan fingerprint density at radius 1 is 0.585 bits per heavy atom. The molecule has 0 fully saturated rings. The molecule has 4 N–H and O–H groups in total. The van der Waals surface area contributed by atoms with Gasteiger partial charge in [-0.05, 0) is 75.5 Å². The minimum atomic E-state index is -2.56. The molecule has 0 aliphatic carbocycles. The molecular formula is C69H85N3O7S2Si. The van der Waals surface area contributed by atoms with Gasteiger partial charge >= 0.3 is 5.97 Å². The summed E-state index contributed by atoms with van der Waals surface area (Å²) in [4.78, 5) is 57.6. The van der Waals surface area contributed by atoms with E-state index in [9.17, 15) is 19.5 Å². The van der Waals surface area contributed by atoms with Crippen LogP contribution in [-0.4, -0.2) is 85.6 Å². The van der Waals surface area contributed by atoms with Crippen LogP contribution in [0.15, 0.2) is 207 Å². The maximum absolute atomic E-state index is 15.4. The highest BCUT2D eigenvalue weighted by atomic mass is 32.2. The number of carbonyl (C=O) groups is 4. The quantitative estimate of drug-likeness (QED) is 0.0114. The monoisotopic (exact) mass is 1160 g/mol. The highest BCUT2D eigenvalue weighted by molar-refractivity contribution is 8.00. The number of hydrogen-bond acceptors (Lipinski definition) is 9. The van der Waals surface area contributed by atoms with Gasteiger partial charge in [0.25, 0.3) is 0 Å². The second kappa shape index (κ2) is 30.7. The largest absolute Gasteiger partial charge is 0.461 e. The van der Waals surface area contributed by atoms with Gasteiger partial charge in [0.05, 0.1) is 40.6 Å². The number of aliphatic hydroxyl groups is 1. The van der Waals surface area contributed by atoms with E-state index in [0.717, 1.165) is 33.4 Å². The van der Waals surface area contributed by atoms with Gasteiger partial charge in [-0.25, -0.2) is 0 Å². The Balaban J connectivity index is 1.26. The molecule has 6 rings (SSSR count). The molecule has 10 nitrogen and oxygen atoms in total. The molecule has 82 heavy (non-hydrogen) atoms. The Hall–Kier alpha value is -6.48. The summed E-state index contributed by atoms with van der Waals surface area (Å²) in [6.45, 7) is 21.9. The summed E-state index contributed by atoms with van der Waals surface area (Å²) in [5, 5.41) is 20.4. The number of benzene rings is 6. The third kappa shape index (κ3) is 17.1. The molecule has 13 heteroatoms. The Morgan fingerprint density at radius 3 is 1.38 bits per heavy atom. The maximum Gasteiger partial charge on any atom is 0.308 e. The molecule has 0 spiro atoms. The van der Waals surface area contributed by atoms with E-state index in [1.165, 1.54) is 17.8 Å². The van der Waals surface area contributed by atoms with Crippen LogP contribution >= 0.6 is 23.5 Å². The van der Waals surface area contributed by atoms with Crippen LogP contribution in [0.5, 0.6) is 0 Å². The highest BCUT2D eigenvalue weighted by Gasteiger charge is 2.44. The summed E-state index contributed by atoms with van der Waals surface area (Å²) < 4.78 is 11.2. The number of hydrogen-bond donors (Lipinski definition) is 4. The van der Waals surface area contributed by atoms with Crippen molar-refractivity contribution in [2.24, 2.45) is 11.8 Å². The van der Waals surface area contributed by atoms with Crippen LogP contribution < -0.4 is 16.0 Å². The van der Waals surface area contributed by atoms with Gasteiger partial charge in [-0.1, -0.05) is 255 Å². The van der Waals surface area contributed by atoms with Gasteiger partial charge in [-0.15, -0.1) is 23.5 Å². The van der Waals surface area contributed by atoms with E-state index in [-0.39, 0.29) is 36.2 Å². The van der Waals surface area contributed by atoms with E-state index >= 15 is 4.79 Å². The molecule has 0 heterocycles. The number of thioether (sulfide) groups is 2. The summed E-state index contributed by atoms with van der Waals surface area (Å²) in [6.07, 6.45) is 3.39. The van der Waals surface area contributed by atoms with Crippen molar-refractivity contribution < 1.29 is 33.4 Å². The standard InChI is InChI=1S/C69H85N3O7S2Si/c1-11-45-78-62(75)48-60(79-82(9,10)67(6,7)8)63(50(2)3)72-65(76)59(49-81-69(55-38-24-15-25-39-55,56-40-26-16-27-41-56)57-42-28-17-29-43-57)70-66(77)64(51(4)5)71-61(74)47-58(73)44-30-31-46-80-68(52-32-18-12-19-33-52,53-34-20-13-21-35-53)54-36-22-14-23-37-54/h11-30,32-44,50-51,58-60,63-64,73H,1,31,45-49H2,2-10H3,(H,70,77)(H,71,74)(H,72,76)/b44-30+/t58-,59-,60+,63-,64-/m1/s1. The average Bonchev–Trinajstić information content (AvgIpc) is 2.87. The van der Waals surface area contributed by atoms with Gasteiger partial charge in [0.1, 0.15) is 18.7 Å². The minimum Gasteiger partial charge on any atom is -0.461 e. The number of rotatable bonds is 30. The zero-order valence-corrected chi connectivity index (χ0v) is 51.9. The van der Waals surface area contributed by atoms with Crippen LogP contribution in [0, 0.1) is 11.8 Å². The van der Waals surface area contributed by atoms with Crippen molar-refractivity contribution in [2.75, 3.05) is 18.1 Å². The second-order valence-electron chi connectivity index (χ2n) is 22.9. The van der Waals surface area contributed by atoms with E-state index in [0.29, 0.717) is 12.2 Å². The third-order valence-corrected chi connectivity index (χ3v) is 22.9. The predicted molar refractivity (Wildman–Crippen MR) is 341 cm³/mol. The number of allylic oxidation sites excluding steroid dienone is 1. The van der Waals surface area contributed by atoms with Crippen LogP contribution in [0.4, 0.5) is 0 Å². The molecule has 0 aliphatic rings. The minimum absolute atomic E-state index is 0.0331. The lowest BCUT2D eigenvalue weighted by atomic mass is 9.84. The van der Waals surface area contributed by atoms with Crippen LogP contribution in [0.25, 0.3) is 0 Å². The van der Waals surface area contributed by atoms with E-state index in [1.807, 2.05) is 118 Å². The normalized spacial score (nSPS) is 14.1. The predicted octanol–water partition coefficient (Wildman–Crippen LogP) is 13.4. The van der Waals surface area contributed by atoms with Gasteiger partial charge in [-0.3, -0.25) is 19.2 Å². The van der Waals surface area contributed by atoms with Crippen molar-refractivity contribution in [1.82, 2.24) is 16.0 Å². The Kier molecular flexibility index (Phi) is 24.2. The number of amides is 3. The molecule has 0 aromatic heterocycles. The average molecular weight is 1160 g/mol. The van der Waals surface area contributed by atoms with Crippen molar-refractivity contribution in [3.05, 3.63) is 240 Å². The molecular weight excluding hydrogens is 1070 g/mol. The number of carbonyl (C=O) groups excluding carboxylic acids is 4.